The zero-order valence-electron chi connectivity index (χ0n) is 55.5. The number of ether oxygens (including phenoxy) is 3. The molecule has 1 saturated heterocycles. The number of carbonyl (C=O) groups excluding carboxylic acids is 2. The van der Waals surface area contributed by atoms with Crippen LogP contribution in [0.5, 0.6) is 0 Å². The van der Waals surface area contributed by atoms with Crippen molar-refractivity contribution >= 4 is 11.9 Å². The molecule has 1 aliphatic heterocycles. The number of esters is 1. The lowest BCUT2D eigenvalue weighted by Crippen LogP contribution is -2.61. The van der Waals surface area contributed by atoms with Crippen molar-refractivity contribution < 1.29 is 49.3 Å². The third-order valence-corrected chi connectivity index (χ3v) is 17.2. The first-order chi connectivity index (χ1) is 41.7. The van der Waals surface area contributed by atoms with E-state index in [0.29, 0.717) is 19.3 Å². The number of nitrogens with one attached hydrogen (secondary N) is 1. The number of carbonyl (C=O) groups is 2. The SMILES string of the molecule is CCCCC/C=C\C/C=C\C/C=C\CCCCCCCCCCCCC(=O)OC1C(OCC(NC(=O)C(O)CCCCCCCCCCCCCCCCCCCCCCCC)C(O)/C=C/CCCCCCCCCCC)OC(CO)C(O)C1O. The van der Waals surface area contributed by atoms with E-state index in [1.165, 1.54) is 225 Å². The molecule has 11 nitrogen and oxygen atoms in total. The third-order valence-electron chi connectivity index (χ3n) is 17.2. The van der Waals surface area contributed by atoms with Crippen molar-refractivity contribution in [3.63, 3.8) is 0 Å². The maximum atomic E-state index is 13.5. The van der Waals surface area contributed by atoms with E-state index < -0.39 is 67.4 Å². The molecule has 6 N–H and O–H groups in total. The van der Waals surface area contributed by atoms with Gasteiger partial charge >= 0.3 is 5.97 Å². The van der Waals surface area contributed by atoms with E-state index in [2.05, 4.69) is 62.5 Å². The van der Waals surface area contributed by atoms with Gasteiger partial charge in [-0.3, -0.25) is 9.59 Å². The van der Waals surface area contributed by atoms with Crippen LogP contribution in [0.2, 0.25) is 0 Å². The van der Waals surface area contributed by atoms with E-state index in [9.17, 15) is 35.1 Å². The summed E-state index contributed by atoms with van der Waals surface area (Å²) in [6.45, 7) is 5.81. The minimum absolute atomic E-state index is 0.120. The first-order valence-electron chi connectivity index (χ1n) is 36.4. The van der Waals surface area contributed by atoms with Crippen LogP contribution in [0.25, 0.3) is 0 Å². The second-order valence-corrected chi connectivity index (χ2v) is 25.3. The summed E-state index contributed by atoms with van der Waals surface area (Å²) in [7, 11) is 0. The molecule has 1 aliphatic rings. The molecule has 8 atom stereocenters. The fourth-order valence-corrected chi connectivity index (χ4v) is 11.5. The molecular formula is C74H137NO10. The van der Waals surface area contributed by atoms with E-state index in [1.807, 2.05) is 6.08 Å². The van der Waals surface area contributed by atoms with Crippen LogP contribution in [0, 0.1) is 0 Å². The molecule has 11 heteroatoms. The number of amides is 1. The van der Waals surface area contributed by atoms with E-state index in [-0.39, 0.29) is 13.0 Å². The fraction of sp³-hybridized carbons (Fsp3) is 0.865. The van der Waals surface area contributed by atoms with Gasteiger partial charge in [0.1, 0.15) is 24.4 Å². The van der Waals surface area contributed by atoms with Crippen LogP contribution < -0.4 is 5.32 Å². The van der Waals surface area contributed by atoms with Crippen molar-refractivity contribution in [1.29, 1.82) is 0 Å². The first kappa shape index (κ1) is 80.6. The van der Waals surface area contributed by atoms with Crippen LogP contribution in [0.1, 0.15) is 348 Å². The van der Waals surface area contributed by atoms with Gasteiger partial charge in [-0.1, -0.05) is 326 Å². The Balaban J connectivity index is 2.54. The molecule has 0 aliphatic carbocycles. The van der Waals surface area contributed by atoms with Crippen LogP contribution >= 0.6 is 0 Å². The van der Waals surface area contributed by atoms with Gasteiger partial charge in [0, 0.05) is 6.42 Å². The average molecular weight is 1200 g/mol. The Bertz CT molecular complexity index is 1570. The van der Waals surface area contributed by atoms with Crippen molar-refractivity contribution in [3.8, 4) is 0 Å². The Morgan fingerprint density at radius 3 is 1.24 bits per heavy atom. The van der Waals surface area contributed by atoms with Crippen molar-refractivity contribution in [2.45, 2.75) is 397 Å². The van der Waals surface area contributed by atoms with Gasteiger partial charge in [0.15, 0.2) is 12.4 Å². The number of unbranched alkanes of at least 4 members (excludes halogenated alkanes) is 43. The van der Waals surface area contributed by atoms with E-state index >= 15 is 0 Å². The summed E-state index contributed by atoms with van der Waals surface area (Å²) in [5.41, 5.74) is 0. The van der Waals surface area contributed by atoms with Gasteiger partial charge in [-0.15, -0.1) is 0 Å². The fourth-order valence-electron chi connectivity index (χ4n) is 11.5. The van der Waals surface area contributed by atoms with E-state index in [4.69, 9.17) is 14.2 Å². The zero-order valence-corrected chi connectivity index (χ0v) is 55.5. The summed E-state index contributed by atoms with van der Waals surface area (Å²) in [4.78, 5) is 26.7. The second-order valence-electron chi connectivity index (χ2n) is 25.3. The summed E-state index contributed by atoms with van der Waals surface area (Å²) in [6, 6.07) is -1.02. The van der Waals surface area contributed by atoms with Crippen LogP contribution in [-0.2, 0) is 23.8 Å². The molecule has 0 bridgehead atoms. The summed E-state index contributed by atoms with van der Waals surface area (Å²) in [5.74, 6) is -1.18. The predicted octanol–water partition coefficient (Wildman–Crippen LogP) is 18.7. The lowest BCUT2D eigenvalue weighted by molar-refractivity contribution is -0.305. The molecule has 0 radical (unpaired) electrons. The summed E-state index contributed by atoms with van der Waals surface area (Å²) < 4.78 is 17.7. The Hall–Kier alpha value is -2.38. The smallest absolute Gasteiger partial charge is 0.306 e. The lowest BCUT2D eigenvalue weighted by Gasteiger charge is -2.41. The van der Waals surface area contributed by atoms with Gasteiger partial charge < -0.3 is 45.1 Å². The molecule has 8 unspecified atom stereocenters. The molecule has 0 spiro atoms. The number of aliphatic hydroxyl groups is 5. The molecule has 1 fully saturated rings. The maximum Gasteiger partial charge on any atom is 0.306 e. The minimum atomic E-state index is -1.61. The summed E-state index contributed by atoms with van der Waals surface area (Å²) in [6.07, 6.45) is 67.3. The minimum Gasteiger partial charge on any atom is -0.454 e. The molecule has 498 valence electrons. The van der Waals surface area contributed by atoms with Crippen LogP contribution in [0.3, 0.4) is 0 Å². The largest absolute Gasteiger partial charge is 0.454 e. The molecular weight excluding hydrogens is 1060 g/mol. The number of allylic oxidation sites excluding steroid dienone is 7. The maximum absolute atomic E-state index is 13.5. The standard InChI is InChI=1S/C74H137NO10/c1-4-7-10-13-16-19-22-24-26-28-30-32-34-36-38-40-42-44-47-50-53-56-59-62-69(79)85-72-71(81)70(80)68(63-76)84-74(72)83-64-65(66(77)60-57-54-51-48-45-21-18-15-12-9-6-3)75-73(82)67(78)61-58-55-52-49-46-43-41-39-37-35-33-31-29-27-25-23-20-17-14-11-8-5-2/h16,19,24,26,30,32,57,60,65-68,70-72,74,76-78,80-81H,4-15,17-18,20-23,25,27-29,31,33-56,58-59,61-64H2,1-3H3,(H,75,82)/b19-16-,26-24-,32-30-,60-57+. The molecule has 0 aromatic heterocycles. The Morgan fingerprint density at radius 1 is 0.459 bits per heavy atom. The number of hydrogen-bond donors (Lipinski definition) is 6. The average Bonchev–Trinajstić information content (AvgIpc) is 2.90. The van der Waals surface area contributed by atoms with Gasteiger partial charge in [0.2, 0.25) is 5.91 Å². The van der Waals surface area contributed by atoms with Gasteiger partial charge in [0.05, 0.1) is 25.4 Å². The van der Waals surface area contributed by atoms with Crippen molar-refractivity contribution in [2.24, 2.45) is 0 Å². The van der Waals surface area contributed by atoms with Crippen molar-refractivity contribution in [3.05, 3.63) is 48.6 Å². The molecule has 1 rings (SSSR count). The number of hydrogen-bond acceptors (Lipinski definition) is 10. The first-order valence-corrected chi connectivity index (χ1v) is 36.4. The lowest BCUT2D eigenvalue weighted by atomic mass is 9.99. The molecule has 1 heterocycles. The second kappa shape index (κ2) is 61.8. The molecule has 0 aromatic carbocycles. The van der Waals surface area contributed by atoms with Gasteiger partial charge in [-0.05, 0) is 64.2 Å². The highest BCUT2D eigenvalue weighted by Gasteiger charge is 2.47. The quantitative estimate of drug-likeness (QED) is 0.0195. The predicted molar refractivity (Wildman–Crippen MR) is 357 cm³/mol. The third kappa shape index (κ3) is 49.1. The number of rotatable bonds is 63. The van der Waals surface area contributed by atoms with Gasteiger partial charge in [-0.25, -0.2) is 0 Å². The molecule has 0 aromatic rings. The van der Waals surface area contributed by atoms with E-state index in [0.717, 1.165) is 77.0 Å². The Labute approximate surface area is 523 Å². The van der Waals surface area contributed by atoms with Crippen molar-refractivity contribution in [1.82, 2.24) is 5.32 Å². The normalized spacial score (nSPS) is 18.6. The molecule has 1 amide bonds. The van der Waals surface area contributed by atoms with Crippen molar-refractivity contribution in [2.75, 3.05) is 13.2 Å². The topological polar surface area (TPSA) is 175 Å². The zero-order chi connectivity index (χ0) is 61.7. The monoisotopic (exact) mass is 1200 g/mol. The Morgan fingerprint density at radius 2 is 0.812 bits per heavy atom. The highest BCUT2D eigenvalue weighted by molar-refractivity contribution is 5.80. The van der Waals surface area contributed by atoms with Crippen LogP contribution in [-0.4, -0.2) is 99.6 Å². The van der Waals surface area contributed by atoms with Crippen LogP contribution in [0.15, 0.2) is 48.6 Å². The highest BCUT2D eigenvalue weighted by atomic mass is 16.7. The summed E-state index contributed by atoms with van der Waals surface area (Å²) in [5, 5.41) is 57.2. The van der Waals surface area contributed by atoms with Crippen LogP contribution in [0.4, 0.5) is 0 Å². The highest BCUT2D eigenvalue weighted by Crippen LogP contribution is 2.26. The van der Waals surface area contributed by atoms with Gasteiger partial charge in [-0.2, -0.15) is 0 Å². The molecule has 85 heavy (non-hydrogen) atoms. The van der Waals surface area contributed by atoms with E-state index in [1.54, 1.807) is 6.08 Å². The Kier molecular flexibility index (Phi) is 58.7. The molecule has 0 saturated carbocycles. The van der Waals surface area contributed by atoms with Gasteiger partial charge in [0.25, 0.3) is 0 Å². The number of aliphatic hydroxyl groups excluding tert-OH is 5. The summed E-state index contributed by atoms with van der Waals surface area (Å²) >= 11 is 0.